The number of allylic oxidation sites excluding steroid dienone is 2. The molecule has 1 aliphatic carbocycles. The van der Waals surface area contributed by atoms with Crippen molar-refractivity contribution in [2.75, 3.05) is 13.2 Å². The monoisotopic (exact) mass is 350 g/mol. The van der Waals surface area contributed by atoms with Gasteiger partial charge in [0.2, 0.25) is 0 Å². The van der Waals surface area contributed by atoms with Crippen LogP contribution in [0, 0.1) is 5.41 Å². The molecule has 1 rings (SSSR count). The second-order valence-corrected chi connectivity index (χ2v) is 6.15. The predicted molar refractivity (Wildman–Crippen MR) is 64.1 cm³/mol. The Balaban J connectivity index is 2.88. The van der Waals surface area contributed by atoms with Gasteiger partial charge in [0.1, 0.15) is 12.4 Å². The average Bonchev–Trinajstić information content (AvgIpc) is 2.40. The van der Waals surface area contributed by atoms with Gasteiger partial charge in [-0.05, 0) is 30.4 Å². The zero-order valence-electron chi connectivity index (χ0n) is 11.5. The van der Waals surface area contributed by atoms with Gasteiger partial charge >= 0.3 is 21.6 Å². The van der Waals surface area contributed by atoms with E-state index in [0.29, 0.717) is 0 Å². The van der Waals surface area contributed by atoms with Crippen molar-refractivity contribution in [3.05, 3.63) is 11.8 Å². The highest BCUT2D eigenvalue weighted by Crippen LogP contribution is 2.39. The summed E-state index contributed by atoms with van der Waals surface area (Å²) in [5.74, 6) is -1.24. The molecule has 0 spiro atoms. The van der Waals surface area contributed by atoms with Crippen molar-refractivity contribution in [2.45, 2.75) is 31.7 Å². The molecule has 0 saturated heterocycles. The number of esters is 1. The van der Waals surface area contributed by atoms with Crippen LogP contribution in [0.1, 0.15) is 26.2 Å². The summed E-state index contributed by atoms with van der Waals surface area (Å²) < 4.78 is 79.3. The van der Waals surface area contributed by atoms with E-state index in [4.69, 9.17) is 4.74 Å². The van der Waals surface area contributed by atoms with Gasteiger partial charge in [0.15, 0.2) is 0 Å². The zero-order chi connectivity index (χ0) is 17.0. The van der Waals surface area contributed by atoms with Crippen LogP contribution in [-0.2, 0) is 28.8 Å². The molecular formula is C11H14F4O6S. The van der Waals surface area contributed by atoms with Crippen LogP contribution in [0.2, 0.25) is 0 Å². The molecule has 6 nitrogen and oxygen atoms in total. The fraction of sp³-hybridized carbons (Fsp3) is 0.727. The standard InChI is InChI=1S/C11H14F4O6S/c1-2-19-9(16)10(7-20-15)5-3-8(4-6-10)21-22(17,18)11(12,13)14/h3H,2,4-7H2,1H3. The van der Waals surface area contributed by atoms with Crippen LogP contribution in [-0.4, -0.2) is 33.1 Å². The normalized spacial score (nSPS) is 22.9. The highest BCUT2D eigenvalue weighted by molar-refractivity contribution is 7.87. The first-order valence-corrected chi connectivity index (χ1v) is 7.59. The Hall–Kier alpha value is -1.36. The van der Waals surface area contributed by atoms with Crippen molar-refractivity contribution in [3.8, 4) is 0 Å². The largest absolute Gasteiger partial charge is 0.534 e. The second kappa shape index (κ2) is 6.82. The Morgan fingerprint density at radius 1 is 1.41 bits per heavy atom. The van der Waals surface area contributed by atoms with E-state index in [0.717, 1.165) is 6.08 Å². The topological polar surface area (TPSA) is 78.9 Å². The first-order valence-electron chi connectivity index (χ1n) is 6.18. The lowest BCUT2D eigenvalue weighted by atomic mass is 9.77. The third kappa shape index (κ3) is 4.09. The molecule has 0 aromatic heterocycles. The summed E-state index contributed by atoms with van der Waals surface area (Å²) in [6.07, 6.45) is 0.244. The van der Waals surface area contributed by atoms with E-state index < -0.39 is 39.4 Å². The Labute approximate surface area is 124 Å². The van der Waals surface area contributed by atoms with E-state index in [1.807, 2.05) is 0 Å². The number of hydrogen-bond donors (Lipinski definition) is 0. The molecule has 0 aliphatic heterocycles. The Morgan fingerprint density at radius 2 is 2.05 bits per heavy atom. The molecule has 0 amide bonds. The smallest absolute Gasteiger partial charge is 0.465 e. The Morgan fingerprint density at radius 3 is 2.45 bits per heavy atom. The summed E-state index contributed by atoms with van der Waals surface area (Å²) in [6, 6.07) is 0. The minimum atomic E-state index is -5.77. The molecule has 0 N–H and O–H groups in total. The van der Waals surface area contributed by atoms with Gasteiger partial charge in [0, 0.05) is 6.42 Å². The van der Waals surface area contributed by atoms with Crippen molar-refractivity contribution in [1.82, 2.24) is 0 Å². The van der Waals surface area contributed by atoms with Crippen LogP contribution in [0.4, 0.5) is 17.7 Å². The summed E-state index contributed by atoms with van der Waals surface area (Å²) in [5.41, 5.74) is -6.97. The van der Waals surface area contributed by atoms with Crippen molar-refractivity contribution < 1.29 is 44.8 Å². The number of carbonyl (C=O) groups excluding carboxylic acids is 1. The number of hydrogen-bond acceptors (Lipinski definition) is 6. The number of carbonyl (C=O) groups is 1. The summed E-state index contributed by atoms with van der Waals surface area (Å²) in [6.45, 7) is 0.912. The molecule has 1 aliphatic rings. The molecule has 0 bridgehead atoms. The van der Waals surface area contributed by atoms with Gasteiger partial charge < -0.3 is 8.92 Å². The van der Waals surface area contributed by atoms with Crippen molar-refractivity contribution >= 4 is 16.1 Å². The van der Waals surface area contributed by atoms with Crippen molar-refractivity contribution in [2.24, 2.45) is 5.41 Å². The fourth-order valence-electron chi connectivity index (χ4n) is 1.90. The number of rotatable bonds is 6. The predicted octanol–water partition coefficient (Wildman–Crippen LogP) is 2.37. The molecule has 0 aromatic rings. The quantitative estimate of drug-likeness (QED) is 0.317. The third-order valence-corrected chi connectivity index (χ3v) is 4.11. The maximum absolute atomic E-state index is 12.2. The van der Waals surface area contributed by atoms with E-state index in [-0.39, 0.29) is 25.9 Å². The maximum atomic E-state index is 12.2. The number of ether oxygens (including phenoxy) is 1. The van der Waals surface area contributed by atoms with E-state index in [1.165, 1.54) is 6.92 Å². The lowest BCUT2D eigenvalue weighted by molar-refractivity contribution is -0.188. The van der Waals surface area contributed by atoms with Crippen molar-refractivity contribution in [1.29, 1.82) is 0 Å². The van der Waals surface area contributed by atoms with Gasteiger partial charge in [-0.3, -0.25) is 4.79 Å². The minimum Gasteiger partial charge on any atom is -0.465 e. The van der Waals surface area contributed by atoms with Crippen LogP contribution in [0.25, 0.3) is 0 Å². The lowest BCUT2D eigenvalue weighted by Gasteiger charge is -2.31. The van der Waals surface area contributed by atoms with Crippen molar-refractivity contribution in [3.63, 3.8) is 0 Å². The van der Waals surface area contributed by atoms with Gasteiger partial charge in [-0.1, -0.05) is 0 Å². The van der Waals surface area contributed by atoms with Gasteiger partial charge in [0.25, 0.3) is 0 Å². The van der Waals surface area contributed by atoms with Crippen LogP contribution in [0.3, 0.4) is 0 Å². The van der Waals surface area contributed by atoms with Gasteiger partial charge in [0.05, 0.1) is 12.0 Å². The van der Waals surface area contributed by atoms with Gasteiger partial charge in [-0.2, -0.15) is 26.5 Å². The molecule has 11 heteroatoms. The first-order chi connectivity index (χ1) is 10.1. The third-order valence-electron chi connectivity index (χ3n) is 3.11. The zero-order valence-corrected chi connectivity index (χ0v) is 12.3. The van der Waals surface area contributed by atoms with E-state index in [9.17, 15) is 30.9 Å². The Bertz CT molecular complexity index is 541. The maximum Gasteiger partial charge on any atom is 0.534 e. The SMILES string of the molecule is CCOC(=O)C1(COF)CC=C(OS(=O)(=O)C(F)(F)F)CC1. The fourth-order valence-corrected chi connectivity index (χ4v) is 2.43. The molecule has 0 aromatic carbocycles. The lowest BCUT2D eigenvalue weighted by Crippen LogP contribution is -2.38. The first kappa shape index (κ1) is 18.7. The van der Waals surface area contributed by atoms with Crippen LogP contribution in [0.5, 0.6) is 0 Å². The van der Waals surface area contributed by atoms with E-state index >= 15 is 0 Å². The molecule has 1 unspecified atom stereocenters. The number of halogens is 4. The molecule has 1 atom stereocenters. The van der Waals surface area contributed by atoms with Crippen LogP contribution in [0.15, 0.2) is 11.8 Å². The average molecular weight is 350 g/mol. The summed E-state index contributed by atoms with van der Waals surface area (Å²) in [7, 11) is -5.77. The molecular weight excluding hydrogens is 336 g/mol. The van der Waals surface area contributed by atoms with Gasteiger partial charge in [-0.15, -0.1) is 0 Å². The summed E-state index contributed by atoms with van der Waals surface area (Å²) >= 11 is 0. The highest BCUT2D eigenvalue weighted by atomic mass is 32.2. The molecule has 0 heterocycles. The van der Waals surface area contributed by atoms with Crippen LogP contribution >= 0.6 is 0 Å². The summed E-state index contributed by atoms with van der Waals surface area (Å²) in [5, 5.41) is 0. The number of alkyl halides is 3. The highest BCUT2D eigenvalue weighted by Gasteiger charge is 2.50. The van der Waals surface area contributed by atoms with E-state index in [1.54, 1.807) is 0 Å². The van der Waals surface area contributed by atoms with E-state index in [2.05, 4.69) is 9.12 Å². The minimum absolute atomic E-state index is 0.0302. The molecule has 0 radical (unpaired) electrons. The molecule has 22 heavy (non-hydrogen) atoms. The molecule has 0 saturated carbocycles. The molecule has 0 fully saturated rings. The summed E-state index contributed by atoms with van der Waals surface area (Å²) in [4.78, 5) is 15.3. The Kier molecular flexibility index (Phi) is 5.79. The molecule has 128 valence electrons. The second-order valence-electron chi connectivity index (χ2n) is 4.61. The van der Waals surface area contributed by atoms with Crippen LogP contribution < -0.4 is 0 Å². The van der Waals surface area contributed by atoms with Gasteiger partial charge in [-0.25, -0.2) is 0 Å².